The highest BCUT2D eigenvalue weighted by Crippen LogP contribution is 2.34. The van der Waals surface area contributed by atoms with E-state index >= 15 is 0 Å². The molecule has 204 valence electrons. The lowest BCUT2D eigenvalue weighted by molar-refractivity contribution is -0.384. The molecule has 0 spiro atoms. The fourth-order valence-corrected chi connectivity index (χ4v) is 5.00. The standard InChI is InChI=1S/C25H27ClF3N5O4/c1-16-6-8-31(9-7-16)21-4-2-17(14-22(21)34(37)38)23(35)30-18-3-5-20(19(26)15-18)32-10-12-33(13-11-32)24(36)25(27,28)29/h2-5,14-16H,6-13H2,1H3,(H,30,35). The Morgan fingerprint density at radius 3 is 2.16 bits per heavy atom. The van der Waals surface area contributed by atoms with Crippen LogP contribution in [0.1, 0.15) is 30.1 Å². The highest BCUT2D eigenvalue weighted by molar-refractivity contribution is 6.33. The number of piperazine rings is 1. The molecule has 0 aromatic heterocycles. The maximum absolute atomic E-state index is 12.9. The van der Waals surface area contributed by atoms with Gasteiger partial charge in [0.25, 0.3) is 11.6 Å². The summed E-state index contributed by atoms with van der Waals surface area (Å²) >= 11 is 6.40. The molecule has 2 amide bonds. The van der Waals surface area contributed by atoms with Gasteiger partial charge >= 0.3 is 12.1 Å². The van der Waals surface area contributed by atoms with Gasteiger partial charge in [0, 0.05) is 56.6 Å². The van der Waals surface area contributed by atoms with Crippen molar-refractivity contribution in [2.24, 2.45) is 5.92 Å². The zero-order valence-corrected chi connectivity index (χ0v) is 21.4. The Kier molecular flexibility index (Phi) is 8.00. The van der Waals surface area contributed by atoms with Gasteiger partial charge in [0.1, 0.15) is 5.69 Å². The van der Waals surface area contributed by atoms with Gasteiger partial charge in [-0.3, -0.25) is 19.7 Å². The highest BCUT2D eigenvalue weighted by Gasteiger charge is 2.43. The first-order valence-corrected chi connectivity index (χ1v) is 12.6. The summed E-state index contributed by atoms with van der Waals surface area (Å²) in [4.78, 5) is 40.1. The SMILES string of the molecule is CC1CCN(c2ccc(C(=O)Nc3ccc(N4CCN(C(=O)C(F)(F)F)CC4)c(Cl)c3)cc2[N+](=O)[O-])CC1. The van der Waals surface area contributed by atoms with E-state index in [1.54, 1.807) is 29.2 Å². The zero-order valence-electron chi connectivity index (χ0n) is 20.6. The first-order chi connectivity index (χ1) is 17.9. The fraction of sp³-hybridized carbons (Fsp3) is 0.440. The van der Waals surface area contributed by atoms with Gasteiger partial charge in [0.2, 0.25) is 0 Å². The number of hydrogen-bond acceptors (Lipinski definition) is 6. The average molecular weight is 554 g/mol. The number of nitrogens with zero attached hydrogens (tertiary/aromatic N) is 4. The van der Waals surface area contributed by atoms with Crippen molar-refractivity contribution in [2.75, 3.05) is 54.4 Å². The lowest BCUT2D eigenvalue weighted by atomic mass is 9.98. The number of hydrogen-bond donors (Lipinski definition) is 1. The van der Waals surface area contributed by atoms with Crippen LogP contribution in [-0.2, 0) is 4.79 Å². The van der Waals surface area contributed by atoms with Gasteiger partial charge in [0.15, 0.2) is 0 Å². The Morgan fingerprint density at radius 1 is 0.974 bits per heavy atom. The number of amides is 2. The van der Waals surface area contributed by atoms with Gasteiger partial charge in [-0.25, -0.2) is 0 Å². The Balaban J connectivity index is 1.42. The van der Waals surface area contributed by atoms with Crippen molar-refractivity contribution in [2.45, 2.75) is 25.9 Å². The Hall–Kier alpha value is -3.54. The van der Waals surface area contributed by atoms with Crippen LogP contribution in [0.15, 0.2) is 36.4 Å². The van der Waals surface area contributed by atoms with Gasteiger partial charge in [-0.1, -0.05) is 18.5 Å². The number of nitro groups is 1. The summed E-state index contributed by atoms with van der Waals surface area (Å²) in [7, 11) is 0. The van der Waals surface area contributed by atoms with Crippen LogP contribution in [0.4, 0.5) is 35.9 Å². The molecule has 2 aliphatic rings. The number of nitrogens with one attached hydrogen (secondary N) is 1. The van der Waals surface area contributed by atoms with Crippen molar-refractivity contribution < 1.29 is 27.7 Å². The lowest BCUT2D eigenvalue weighted by Gasteiger charge is -2.36. The molecule has 2 fully saturated rings. The van der Waals surface area contributed by atoms with E-state index in [1.165, 1.54) is 12.1 Å². The van der Waals surface area contributed by atoms with Crippen molar-refractivity contribution in [1.82, 2.24) is 4.90 Å². The molecule has 2 saturated heterocycles. The van der Waals surface area contributed by atoms with E-state index in [-0.39, 0.29) is 42.5 Å². The zero-order chi connectivity index (χ0) is 27.6. The third-order valence-corrected chi connectivity index (χ3v) is 7.22. The third-order valence-electron chi connectivity index (χ3n) is 6.91. The second-order valence-corrected chi connectivity index (χ2v) is 9.93. The van der Waals surface area contributed by atoms with E-state index in [2.05, 4.69) is 12.2 Å². The number of carbonyl (C=O) groups excluding carboxylic acids is 2. The largest absolute Gasteiger partial charge is 0.471 e. The van der Waals surface area contributed by atoms with Crippen molar-refractivity contribution >= 4 is 46.2 Å². The fourth-order valence-electron chi connectivity index (χ4n) is 4.70. The number of piperidine rings is 1. The van der Waals surface area contributed by atoms with E-state index in [0.717, 1.165) is 17.7 Å². The summed E-state index contributed by atoms with van der Waals surface area (Å²) in [5.74, 6) is -1.84. The van der Waals surface area contributed by atoms with E-state index in [9.17, 15) is 32.9 Å². The monoisotopic (exact) mass is 553 g/mol. The minimum Gasteiger partial charge on any atom is -0.367 e. The Bertz CT molecular complexity index is 1230. The quantitative estimate of drug-likeness (QED) is 0.416. The van der Waals surface area contributed by atoms with Crippen LogP contribution in [0.3, 0.4) is 0 Å². The number of nitro benzene ring substituents is 1. The minimum absolute atomic E-state index is 0.0988. The van der Waals surface area contributed by atoms with Gasteiger partial charge < -0.3 is 20.0 Å². The minimum atomic E-state index is -4.91. The van der Waals surface area contributed by atoms with Crippen LogP contribution in [0.25, 0.3) is 0 Å². The molecule has 2 aliphatic heterocycles. The molecule has 4 rings (SSSR count). The topological polar surface area (TPSA) is 99.0 Å². The average Bonchev–Trinajstić information content (AvgIpc) is 2.88. The molecular weight excluding hydrogens is 527 g/mol. The van der Waals surface area contributed by atoms with Gasteiger partial charge in [-0.2, -0.15) is 13.2 Å². The van der Waals surface area contributed by atoms with Crippen LogP contribution in [0.5, 0.6) is 0 Å². The summed E-state index contributed by atoms with van der Waals surface area (Å²) in [6.07, 6.45) is -3.03. The second kappa shape index (κ2) is 11.1. The van der Waals surface area contributed by atoms with Crippen molar-refractivity contribution in [3.05, 3.63) is 57.1 Å². The number of halogens is 4. The number of benzene rings is 2. The first kappa shape index (κ1) is 27.5. The van der Waals surface area contributed by atoms with Crippen molar-refractivity contribution in [3.63, 3.8) is 0 Å². The van der Waals surface area contributed by atoms with Gasteiger partial charge in [-0.15, -0.1) is 0 Å². The molecule has 38 heavy (non-hydrogen) atoms. The summed E-state index contributed by atoms with van der Waals surface area (Å²) in [5, 5.41) is 14.7. The molecular formula is C25H27ClF3N5O4. The van der Waals surface area contributed by atoms with Gasteiger partial charge in [0.05, 0.1) is 15.6 Å². The summed E-state index contributed by atoms with van der Waals surface area (Å²) in [6.45, 7) is 3.71. The molecule has 0 radical (unpaired) electrons. The number of rotatable bonds is 5. The van der Waals surface area contributed by atoms with E-state index in [0.29, 0.717) is 36.1 Å². The second-order valence-electron chi connectivity index (χ2n) is 9.53. The number of carbonyl (C=O) groups is 2. The summed E-state index contributed by atoms with van der Waals surface area (Å²) in [6, 6.07) is 9.13. The maximum atomic E-state index is 12.9. The summed E-state index contributed by atoms with van der Waals surface area (Å²) in [5.41, 5.74) is 1.38. The molecule has 2 heterocycles. The van der Waals surface area contributed by atoms with E-state index < -0.39 is 22.9 Å². The maximum Gasteiger partial charge on any atom is 0.471 e. The van der Waals surface area contributed by atoms with Crippen molar-refractivity contribution in [3.8, 4) is 0 Å². The number of alkyl halides is 3. The van der Waals surface area contributed by atoms with Crippen LogP contribution < -0.4 is 15.1 Å². The Labute approximate surface area is 222 Å². The molecule has 0 unspecified atom stereocenters. The van der Waals surface area contributed by atoms with Crippen molar-refractivity contribution in [1.29, 1.82) is 0 Å². The normalized spacial score (nSPS) is 16.9. The molecule has 2 aromatic carbocycles. The molecule has 0 aliphatic carbocycles. The lowest BCUT2D eigenvalue weighted by Crippen LogP contribution is -2.52. The number of anilines is 3. The smallest absolute Gasteiger partial charge is 0.367 e. The molecule has 0 atom stereocenters. The van der Waals surface area contributed by atoms with Crippen LogP contribution in [0.2, 0.25) is 5.02 Å². The highest BCUT2D eigenvalue weighted by atomic mass is 35.5. The molecule has 13 heteroatoms. The van der Waals surface area contributed by atoms with Gasteiger partial charge in [-0.05, 0) is 49.1 Å². The van der Waals surface area contributed by atoms with Crippen LogP contribution >= 0.6 is 11.6 Å². The van der Waals surface area contributed by atoms with E-state index in [4.69, 9.17) is 11.6 Å². The Morgan fingerprint density at radius 2 is 1.58 bits per heavy atom. The third kappa shape index (κ3) is 6.12. The van der Waals surface area contributed by atoms with E-state index in [1.807, 2.05) is 4.90 Å². The molecule has 9 nitrogen and oxygen atoms in total. The molecule has 0 saturated carbocycles. The molecule has 2 aromatic rings. The predicted octanol–water partition coefficient (Wildman–Crippen LogP) is 4.95. The predicted molar refractivity (Wildman–Crippen MR) is 138 cm³/mol. The first-order valence-electron chi connectivity index (χ1n) is 12.2. The molecule has 1 N–H and O–H groups in total. The van der Waals surface area contributed by atoms with Crippen LogP contribution in [0, 0.1) is 16.0 Å². The molecule has 0 bridgehead atoms. The summed E-state index contributed by atoms with van der Waals surface area (Å²) < 4.78 is 38.0. The van der Waals surface area contributed by atoms with Crippen LogP contribution in [-0.4, -0.2) is 67.1 Å².